The number of hydrogen-bond donors (Lipinski definition) is 1. The molecule has 0 aliphatic heterocycles. The van der Waals surface area contributed by atoms with Crippen molar-refractivity contribution in [2.45, 2.75) is 33.2 Å². The van der Waals surface area contributed by atoms with E-state index in [0.29, 0.717) is 23.1 Å². The fourth-order valence-corrected chi connectivity index (χ4v) is 4.29. The first-order valence-electron chi connectivity index (χ1n) is 9.68. The van der Waals surface area contributed by atoms with Crippen LogP contribution in [0.3, 0.4) is 0 Å². The quantitative estimate of drug-likeness (QED) is 0.504. The molecular weight excluding hydrogens is 382 g/mol. The Morgan fingerprint density at radius 1 is 1.10 bits per heavy atom. The minimum atomic E-state index is -0.191. The predicted octanol–water partition coefficient (Wildman–Crippen LogP) is 4.71. The summed E-state index contributed by atoms with van der Waals surface area (Å²) < 4.78 is 1.65. The molecule has 1 N–H and O–H groups in total. The number of nitrogens with zero attached hydrogens (tertiary/aromatic N) is 4. The topological polar surface area (TPSA) is 72.7 Å². The summed E-state index contributed by atoms with van der Waals surface area (Å²) in [6.07, 6.45) is 4.36. The lowest BCUT2D eigenvalue weighted by Crippen LogP contribution is -2.34. The van der Waals surface area contributed by atoms with Crippen LogP contribution in [0, 0.1) is 5.92 Å². The molecule has 4 aromatic rings. The van der Waals surface area contributed by atoms with E-state index in [1.54, 1.807) is 28.4 Å². The molecule has 0 aliphatic carbocycles. The number of nitrogens with one attached hydrogen (secondary N) is 1. The van der Waals surface area contributed by atoms with Gasteiger partial charge in [0.05, 0.1) is 5.39 Å². The van der Waals surface area contributed by atoms with Crippen LogP contribution in [-0.2, 0) is 0 Å². The van der Waals surface area contributed by atoms with Crippen molar-refractivity contribution in [1.29, 1.82) is 0 Å². The molecule has 4 aromatic heterocycles. The van der Waals surface area contributed by atoms with Crippen molar-refractivity contribution < 1.29 is 4.79 Å². The smallest absolute Gasteiger partial charge is 0.272 e. The lowest BCUT2D eigenvalue weighted by atomic mass is 10.0. The highest BCUT2D eigenvalue weighted by atomic mass is 32.1. The van der Waals surface area contributed by atoms with Gasteiger partial charge in [0.25, 0.3) is 5.91 Å². The summed E-state index contributed by atoms with van der Waals surface area (Å²) in [6, 6.07) is 11.6. The first-order chi connectivity index (χ1) is 14.0. The highest BCUT2D eigenvalue weighted by Crippen LogP contribution is 2.33. The van der Waals surface area contributed by atoms with Crippen LogP contribution < -0.4 is 5.32 Å². The molecule has 0 bridgehead atoms. The molecular formula is C22H23N5OS. The van der Waals surface area contributed by atoms with Crippen LogP contribution in [-0.4, -0.2) is 31.7 Å². The second kappa shape index (κ2) is 8.13. The van der Waals surface area contributed by atoms with Gasteiger partial charge in [-0.3, -0.25) is 4.79 Å². The van der Waals surface area contributed by atoms with Crippen molar-refractivity contribution in [3.63, 3.8) is 0 Å². The molecule has 1 amide bonds. The predicted molar refractivity (Wildman–Crippen MR) is 116 cm³/mol. The van der Waals surface area contributed by atoms with Crippen molar-refractivity contribution in [2.24, 2.45) is 5.92 Å². The molecule has 0 spiro atoms. The summed E-state index contributed by atoms with van der Waals surface area (Å²) in [5, 5.41) is 10.5. The van der Waals surface area contributed by atoms with Gasteiger partial charge >= 0.3 is 0 Å². The molecule has 0 fully saturated rings. The third-order valence-electron chi connectivity index (χ3n) is 4.64. The maximum atomic E-state index is 13.2. The average Bonchev–Trinajstić information content (AvgIpc) is 3.36. The lowest BCUT2D eigenvalue weighted by molar-refractivity contribution is 0.0932. The summed E-state index contributed by atoms with van der Waals surface area (Å²) in [7, 11) is 0. The minimum absolute atomic E-state index is 0.0550. The van der Waals surface area contributed by atoms with Gasteiger partial charge in [0.1, 0.15) is 0 Å². The van der Waals surface area contributed by atoms with Crippen LogP contribution in [0.2, 0.25) is 0 Å². The van der Waals surface area contributed by atoms with E-state index in [2.05, 4.69) is 34.2 Å². The molecule has 1 atom stereocenters. The van der Waals surface area contributed by atoms with Crippen molar-refractivity contribution in [3.8, 4) is 16.3 Å². The zero-order valence-corrected chi connectivity index (χ0v) is 17.5. The molecule has 0 aromatic carbocycles. The van der Waals surface area contributed by atoms with Crippen molar-refractivity contribution in [1.82, 2.24) is 25.1 Å². The van der Waals surface area contributed by atoms with E-state index in [-0.39, 0.29) is 11.9 Å². The van der Waals surface area contributed by atoms with Crippen molar-refractivity contribution in [3.05, 3.63) is 59.9 Å². The fraction of sp³-hybridized carbons (Fsp3) is 0.273. The van der Waals surface area contributed by atoms with Gasteiger partial charge in [0, 0.05) is 28.9 Å². The highest BCUT2D eigenvalue weighted by molar-refractivity contribution is 7.13. The summed E-state index contributed by atoms with van der Waals surface area (Å²) in [5.41, 5.74) is 1.95. The molecule has 0 aliphatic rings. The monoisotopic (exact) mass is 405 g/mol. The largest absolute Gasteiger partial charge is 0.348 e. The summed E-state index contributed by atoms with van der Waals surface area (Å²) in [6.45, 7) is 6.31. The SMILES string of the molecule is CC(C)C[C@@H](C)NC(=O)c1nn(-c2ccccn2)c2nccc(-c3cccs3)c12. The number of fused-ring (bicyclic) bond motifs is 1. The number of pyridine rings is 2. The molecule has 148 valence electrons. The van der Waals surface area contributed by atoms with Gasteiger partial charge in [0.2, 0.25) is 0 Å². The van der Waals surface area contributed by atoms with Gasteiger partial charge in [-0.2, -0.15) is 9.78 Å². The first kappa shape index (κ1) is 19.3. The number of carbonyl (C=O) groups excluding carboxylic acids is 1. The zero-order valence-electron chi connectivity index (χ0n) is 16.7. The Morgan fingerprint density at radius 3 is 2.66 bits per heavy atom. The summed E-state index contributed by atoms with van der Waals surface area (Å²) in [4.78, 5) is 23.2. The molecule has 29 heavy (non-hydrogen) atoms. The van der Waals surface area contributed by atoms with E-state index in [4.69, 9.17) is 0 Å². The Labute approximate surface area is 173 Å². The van der Waals surface area contributed by atoms with E-state index < -0.39 is 0 Å². The Bertz CT molecular complexity index is 1120. The number of rotatable bonds is 6. The number of thiophene rings is 1. The van der Waals surface area contributed by atoms with E-state index in [9.17, 15) is 4.79 Å². The summed E-state index contributed by atoms with van der Waals surface area (Å²) >= 11 is 1.63. The van der Waals surface area contributed by atoms with Crippen LogP contribution in [0.4, 0.5) is 0 Å². The van der Waals surface area contributed by atoms with Crippen LogP contribution in [0.1, 0.15) is 37.7 Å². The minimum Gasteiger partial charge on any atom is -0.348 e. The standard InChI is InChI=1S/C22H23N5OS/c1-14(2)13-15(3)25-22(28)20-19-16(17-7-6-12-29-17)9-11-24-21(19)27(26-20)18-8-4-5-10-23-18/h4-12,14-15H,13H2,1-3H3,(H,25,28)/t15-/m1/s1. The highest BCUT2D eigenvalue weighted by Gasteiger charge is 2.24. The van der Waals surface area contributed by atoms with Gasteiger partial charge in [-0.25, -0.2) is 9.97 Å². The summed E-state index contributed by atoms with van der Waals surface area (Å²) in [5.74, 6) is 0.933. The fourth-order valence-electron chi connectivity index (χ4n) is 3.54. The lowest BCUT2D eigenvalue weighted by Gasteiger charge is -2.15. The van der Waals surface area contributed by atoms with Crippen LogP contribution in [0.15, 0.2) is 54.2 Å². The number of amides is 1. The molecule has 7 heteroatoms. The van der Waals surface area contributed by atoms with E-state index in [1.165, 1.54) is 0 Å². The van der Waals surface area contributed by atoms with Gasteiger partial charge in [-0.15, -0.1) is 11.3 Å². The Hall–Kier alpha value is -3.06. The van der Waals surface area contributed by atoms with Crippen LogP contribution in [0.5, 0.6) is 0 Å². The third-order valence-corrected chi connectivity index (χ3v) is 5.54. The second-order valence-electron chi connectivity index (χ2n) is 7.49. The maximum Gasteiger partial charge on any atom is 0.272 e. The third kappa shape index (κ3) is 3.91. The van der Waals surface area contributed by atoms with E-state index in [1.807, 2.05) is 48.7 Å². The molecule has 0 radical (unpaired) electrons. The van der Waals surface area contributed by atoms with Crippen LogP contribution in [0.25, 0.3) is 27.3 Å². The first-order valence-corrected chi connectivity index (χ1v) is 10.6. The maximum absolute atomic E-state index is 13.2. The van der Waals surface area contributed by atoms with Crippen LogP contribution >= 0.6 is 11.3 Å². The number of carbonyl (C=O) groups is 1. The molecule has 0 saturated carbocycles. The molecule has 4 heterocycles. The Morgan fingerprint density at radius 2 is 1.97 bits per heavy atom. The number of hydrogen-bond acceptors (Lipinski definition) is 5. The molecule has 0 saturated heterocycles. The zero-order chi connectivity index (χ0) is 20.4. The van der Waals surface area contributed by atoms with Gasteiger partial charge in [-0.05, 0) is 48.9 Å². The molecule has 4 rings (SSSR count). The van der Waals surface area contributed by atoms with Gasteiger partial charge in [-0.1, -0.05) is 26.0 Å². The molecule has 6 nitrogen and oxygen atoms in total. The van der Waals surface area contributed by atoms with E-state index in [0.717, 1.165) is 22.2 Å². The Kier molecular flexibility index (Phi) is 5.40. The molecule has 0 unspecified atom stereocenters. The Balaban J connectivity index is 1.87. The average molecular weight is 406 g/mol. The van der Waals surface area contributed by atoms with Crippen molar-refractivity contribution in [2.75, 3.05) is 0 Å². The van der Waals surface area contributed by atoms with E-state index >= 15 is 0 Å². The second-order valence-corrected chi connectivity index (χ2v) is 8.43. The van der Waals surface area contributed by atoms with Gasteiger partial charge in [0.15, 0.2) is 17.2 Å². The van der Waals surface area contributed by atoms with Crippen molar-refractivity contribution >= 4 is 28.3 Å². The van der Waals surface area contributed by atoms with Gasteiger partial charge < -0.3 is 5.32 Å². The number of aromatic nitrogens is 4. The normalized spacial score (nSPS) is 12.4.